The van der Waals surface area contributed by atoms with E-state index in [4.69, 9.17) is 5.73 Å². The van der Waals surface area contributed by atoms with E-state index in [1.54, 1.807) is 6.08 Å². The molecule has 0 aliphatic heterocycles. The van der Waals surface area contributed by atoms with Gasteiger partial charge in [0.05, 0.1) is 5.75 Å². The summed E-state index contributed by atoms with van der Waals surface area (Å²) < 4.78 is 2.75. The van der Waals surface area contributed by atoms with Gasteiger partial charge in [-0.15, -0.1) is 16.8 Å². The predicted molar refractivity (Wildman–Crippen MR) is 104 cm³/mol. The predicted octanol–water partition coefficient (Wildman–Crippen LogP) is 0.964. The monoisotopic (exact) mass is 396 g/mol. The summed E-state index contributed by atoms with van der Waals surface area (Å²) in [6.45, 7) is 6.37. The average Bonchev–Trinajstić information content (AvgIpc) is 3.08. The fourth-order valence-corrected chi connectivity index (χ4v) is 3.81. The van der Waals surface area contributed by atoms with Crippen molar-refractivity contribution in [3.05, 3.63) is 39.1 Å². The van der Waals surface area contributed by atoms with E-state index in [1.807, 2.05) is 6.92 Å². The summed E-state index contributed by atoms with van der Waals surface area (Å²) in [6.07, 6.45) is 2.34. The molecule has 0 saturated carbocycles. The molecule has 2 aromatic rings. The Bertz CT molecular complexity index is 930. The van der Waals surface area contributed by atoms with E-state index in [2.05, 4.69) is 22.1 Å². The van der Waals surface area contributed by atoms with Crippen molar-refractivity contribution in [1.82, 2.24) is 19.3 Å². The molecule has 0 spiro atoms. The molecule has 0 aromatic carbocycles. The maximum atomic E-state index is 12.6. The first kappa shape index (κ1) is 19.9. The Morgan fingerprint density at radius 3 is 2.81 bits per heavy atom. The Labute approximate surface area is 157 Å². The highest BCUT2D eigenvalue weighted by Crippen LogP contribution is 2.26. The second-order valence-electron chi connectivity index (χ2n) is 5.31. The number of hydrogen-bond donors (Lipinski definition) is 2. The van der Waals surface area contributed by atoms with Crippen LogP contribution in [0.5, 0.6) is 0 Å². The number of aromatic nitrogens is 4. The van der Waals surface area contributed by atoms with Crippen LogP contribution < -0.4 is 22.3 Å². The standard InChI is InChI=1S/C15H20N6O3S2/c1-4-6-17-13-18-19-14(26-13)25-8-9(22)10-11(16)21(7-5-2)15(24)20(3)12(10)23/h4H,1,5-8,16H2,2-3H3,(H,17,18). The van der Waals surface area contributed by atoms with Crippen LogP contribution in [-0.2, 0) is 13.6 Å². The number of nitrogen functional groups attached to an aromatic ring is 1. The first-order valence-corrected chi connectivity index (χ1v) is 9.64. The molecule has 0 aliphatic carbocycles. The third-order valence-electron chi connectivity index (χ3n) is 3.44. The summed E-state index contributed by atoms with van der Waals surface area (Å²) in [5.74, 6) is -0.565. The number of carbonyl (C=O) groups excluding carboxylic acids is 1. The van der Waals surface area contributed by atoms with Gasteiger partial charge in [-0.05, 0) is 6.42 Å². The maximum absolute atomic E-state index is 12.6. The lowest BCUT2D eigenvalue weighted by Gasteiger charge is -2.13. The molecule has 9 nitrogen and oxygen atoms in total. The first-order valence-electron chi connectivity index (χ1n) is 7.84. The molecule has 0 amide bonds. The summed E-state index contributed by atoms with van der Waals surface area (Å²) in [4.78, 5) is 37.0. The third kappa shape index (κ3) is 4.22. The van der Waals surface area contributed by atoms with Gasteiger partial charge < -0.3 is 11.1 Å². The van der Waals surface area contributed by atoms with E-state index in [1.165, 1.54) is 23.0 Å². The van der Waals surface area contributed by atoms with E-state index >= 15 is 0 Å². The quantitative estimate of drug-likeness (QED) is 0.365. The zero-order valence-electron chi connectivity index (χ0n) is 14.5. The minimum absolute atomic E-state index is 0.0279. The van der Waals surface area contributed by atoms with Gasteiger partial charge in [0.2, 0.25) is 5.13 Å². The van der Waals surface area contributed by atoms with Crippen LogP contribution in [0.1, 0.15) is 23.7 Å². The molecular formula is C15H20N6O3S2. The molecule has 0 unspecified atom stereocenters. The number of ketones is 1. The zero-order valence-corrected chi connectivity index (χ0v) is 16.2. The van der Waals surface area contributed by atoms with Gasteiger partial charge in [0.15, 0.2) is 10.1 Å². The van der Waals surface area contributed by atoms with Gasteiger partial charge in [-0.2, -0.15) is 0 Å². The van der Waals surface area contributed by atoms with Crippen LogP contribution >= 0.6 is 23.1 Å². The smallest absolute Gasteiger partial charge is 0.332 e. The molecule has 11 heteroatoms. The Balaban J connectivity index is 2.22. The zero-order chi connectivity index (χ0) is 19.3. The fourth-order valence-electron chi connectivity index (χ4n) is 2.18. The molecule has 0 bridgehead atoms. The molecule has 2 heterocycles. The van der Waals surface area contributed by atoms with Gasteiger partial charge >= 0.3 is 5.69 Å². The van der Waals surface area contributed by atoms with Crippen molar-refractivity contribution in [3.63, 3.8) is 0 Å². The van der Waals surface area contributed by atoms with E-state index in [-0.39, 0.29) is 17.1 Å². The lowest BCUT2D eigenvalue weighted by Crippen LogP contribution is -2.42. The summed E-state index contributed by atoms with van der Waals surface area (Å²) in [5.41, 5.74) is 4.57. The van der Waals surface area contributed by atoms with Crippen LogP contribution in [0, 0.1) is 0 Å². The third-order valence-corrected chi connectivity index (χ3v) is 5.45. The molecule has 26 heavy (non-hydrogen) atoms. The van der Waals surface area contributed by atoms with Gasteiger partial charge in [0.1, 0.15) is 11.4 Å². The van der Waals surface area contributed by atoms with E-state index in [0.29, 0.717) is 29.0 Å². The van der Waals surface area contributed by atoms with Crippen LogP contribution in [0.2, 0.25) is 0 Å². The number of thioether (sulfide) groups is 1. The topological polar surface area (TPSA) is 125 Å². The van der Waals surface area contributed by atoms with Crippen molar-refractivity contribution < 1.29 is 4.79 Å². The molecule has 3 N–H and O–H groups in total. The molecule has 2 rings (SSSR count). The average molecular weight is 396 g/mol. The number of nitrogens with zero attached hydrogens (tertiary/aromatic N) is 4. The van der Waals surface area contributed by atoms with Crippen LogP contribution in [0.25, 0.3) is 0 Å². The second kappa shape index (κ2) is 8.81. The number of hydrogen-bond acceptors (Lipinski definition) is 9. The Hall–Kier alpha value is -2.40. The lowest BCUT2D eigenvalue weighted by atomic mass is 10.2. The highest BCUT2D eigenvalue weighted by atomic mass is 32.2. The number of nitrogens with one attached hydrogen (secondary N) is 1. The van der Waals surface area contributed by atoms with Crippen LogP contribution in [0.4, 0.5) is 10.9 Å². The second-order valence-corrected chi connectivity index (χ2v) is 7.51. The Morgan fingerprint density at radius 1 is 1.42 bits per heavy atom. The summed E-state index contributed by atoms with van der Waals surface area (Å²) >= 11 is 2.46. The highest BCUT2D eigenvalue weighted by Gasteiger charge is 2.21. The van der Waals surface area contributed by atoms with E-state index in [9.17, 15) is 14.4 Å². The van der Waals surface area contributed by atoms with Crippen molar-refractivity contribution in [2.45, 2.75) is 24.2 Å². The summed E-state index contributed by atoms with van der Waals surface area (Å²) in [6, 6.07) is 0. The van der Waals surface area contributed by atoms with Gasteiger partial charge in [-0.1, -0.05) is 36.1 Å². The number of rotatable bonds is 9. The van der Waals surface area contributed by atoms with Gasteiger partial charge in [0, 0.05) is 20.1 Å². The Kier molecular flexibility index (Phi) is 6.75. The fraction of sp³-hybridized carbons (Fsp3) is 0.400. The van der Waals surface area contributed by atoms with Crippen molar-refractivity contribution in [2.24, 2.45) is 7.05 Å². The van der Waals surface area contributed by atoms with Crippen molar-refractivity contribution in [1.29, 1.82) is 0 Å². The molecule has 140 valence electrons. The summed E-state index contributed by atoms with van der Waals surface area (Å²) in [7, 11) is 1.34. The Morgan fingerprint density at radius 2 is 2.15 bits per heavy atom. The highest BCUT2D eigenvalue weighted by molar-refractivity contribution is 8.01. The number of nitrogens with two attached hydrogens (primary N) is 1. The number of anilines is 2. The normalized spacial score (nSPS) is 10.7. The molecule has 2 aromatic heterocycles. The van der Waals surface area contributed by atoms with Crippen molar-refractivity contribution in [2.75, 3.05) is 23.3 Å². The largest absolute Gasteiger partial charge is 0.384 e. The lowest BCUT2D eigenvalue weighted by molar-refractivity contribution is 0.102. The van der Waals surface area contributed by atoms with Gasteiger partial charge in [-0.3, -0.25) is 18.7 Å². The number of carbonyl (C=O) groups is 1. The van der Waals surface area contributed by atoms with Crippen molar-refractivity contribution in [3.8, 4) is 0 Å². The minimum atomic E-state index is -0.684. The SMILES string of the molecule is C=CCNc1nnc(SCC(=O)c2c(N)n(CCC)c(=O)n(C)c2=O)s1. The number of Topliss-reactive ketones (excluding diaryl/α,β-unsaturated/α-hetero) is 1. The summed E-state index contributed by atoms with van der Waals surface area (Å²) in [5, 5.41) is 11.5. The van der Waals surface area contributed by atoms with E-state index in [0.717, 1.165) is 16.3 Å². The van der Waals surface area contributed by atoms with Crippen LogP contribution in [0.3, 0.4) is 0 Å². The van der Waals surface area contributed by atoms with Crippen molar-refractivity contribution >= 4 is 39.8 Å². The minimum Gasteiger partial charge on any atom is -0.384 e. The first-order chi connectivity index (χ1) is 12.4. The maximum Gasteiger partial charge on any atom is 0.332 e. The van der Waals surface area contributed by atoms with E-state index < -0.39 is 17.0 Å². The molecule has 0 atom stereocenters. The molecule has 0 saturated heterocycles. The van der Waals surface area contributed by atoms with Crippen LogP contribution in [0.15, 0.2) is 26.6 Å². The van der Waals surface area contributed by atoms with Gasteiger partial charge in [0.25, 0.3) is 5.56 Å². The van der Waals surface area contributed by atoms with Crippen LogP contribution in [-0.4, -0.2) is 37.4 Å². The molecular weight excluding hydrogens is 376 g/mol. The van der Waals surface area contributed by atoms with Gasteiger partial charge in [-0.25, -0.2) is 4.79 Å². The molecule has 0 fully saturated rings. The molecule has 0 aliphatic rings. The molecule has 0 radical (unpaired) electrons.